The first-order chi connectivity index (χ1) is 11.2. The second kappa shape index (κ2) is 7.43. The second-order valence-corrected chi connectivity index (χ2v) is 7.30. The summed E-state index contributed by atoms with van der Waals surface area (Å²) in [5.41, 5.74) is 1.30. The van der Waals surface area contributed by atoms with Crippen LogP contribution in [0.5, 0.6) is 0 Å². The van der Waals surface area contributed by atoms with Gasteiger partial charge in [-0.25, -0.2) is 4.98 Å². The maximum absolute atomic E-state index is 13.0. The van der Waals surface area contributed by atoms with Crippen LogP contribution >= 0.6 is 35.1 Å². The maximum Gasteiger partial charge on any atom is 0.266 e. The van der Waals surface area contributed by atoms with Gasteiger partial charge in [-0.15, -0.1) is 0 Å². The lowest BCUT2D eigenvalue weighted by Gasteiger charge is -2.14. The summed E-state index contributed by atoms with van der Waals surface area (Å²) in [4.78, 5) is 17.7. The van der Waals surface area contributed by atoms with E-state index in [4.69, 9.17) is 11.6 Å². The molecule has 0 spiro atoms. The molecule has 0 radical (unpaired) electrons. The molecule has 3 nitrogen and oxygen atoms in total. The highest BCUT2D eigenvalue weighted by Crippen LogP contribution is 2.25. The number of rotatable bonds is 5. The van der Waals surface area contributed by atoms with Gasteiger partial charge >= 0.3 is 0 Å². The number of hydrogen-bond donors (Lipinski definition) is 0. The first-order valence-corrected chi connectivity index (χ1v) is 9.86. The molecular weight excluding hydrogens is 348 g/mol. The molecule has 3 aromatic rings. The minimum Gasteiger partial charge on any atom is -0.268 e. The number of aromatic nitrogens is 2. The maximum atomic E-state index is 13.0. The molecule has 0 bridgehead atoms. The number of para-hydroxylation sites is 2. The highest BCUT2D eigenvalue weighted by molar-refractivity contribution is 8.02. The van der Waals surface area contributed by atoms with Crippen molar-refractivity contribution in [2.75, 3.05) is 17.8 Å². The summed E-state index contributed by atoms with van der Waals surface area (Å²) in [7, 11) is 0. The summed E-state index contributed by atoms with van der Waals surface area (Å²) in [6, 6.07) is 14.8. The predicted octanol–water partition coefficient (Wildman–Crippen LogP) is 4.49. The fraction of sp³-hybridized carbons (Fsp3) is 0.176. The van der Waals surface area contributed by atoms with E-state index >= 15 is 0 Å². The number of benzene rings is 2. The van der Waals surface area contributed by atoms with Gasteiger partial charge in [-0.05, 0) is 30.5 Å². The van der Waals surface area contributed by atoms with Crippen LogP contribution in [0.1, 0.15) is 0 Å². The largest absolute Gasteiger partial charge is 0.268 e. The van der Waals surface area contributed by atoms with Crippen LogP contribution in [-0.4, -0.2) is 27.3 Å². The lowest BCUT2D eigenvalue weighted by molar-refractivity contribution is 0.820. The normalized spacial score (nSPS) is 11.0. The molecule has 0 N–H and O–H groups in total. The highest BCUT2D eigenvalue weighted by Gasteiger charge is 2.14. The van der Waals surface area contributed by atoms with Gasteiger partial charge in [0.2, 0.25) is 0 Å². The molecule has 0 atom stereocenters. The van der Waals surface area contributed by atoms with Crippen LogP contribution in [0, 0.1) is 0 Å². The van der Waals surface area contributed by atoms with Crippen LogP contribution in [0.25, 0.3) is 16.6 Å². The van der Waals surface area contributed by atoms with Crippen molar-refractivity contribution in [3.8, 4) is 5.69 Å². The van der Waals surface area contributed by atoms with Crippen molar-refractivity contribution in [1.82, 2.24) is 9.55 Å². The topological polar surface area (TPSA) is 34.9 Å². The molecule has 0 aliphatic heterocycles. The smallest absolute Gasteiger partial charge is 0.266 e. The van der Waals surface area contributed by atoms with Crippen molar-refractivity contribution in [2.45, 2.75) is 5.16 Å². The molecule has 1 aromatic heterocycles. The summed E-state index contributed by atoms with van der Waals surface area (Å²) < 4.78 is 1.62. The Balaban J connectivity index is 2.24. The van der Waals surface area contributed by atoms with Crippen molar-refractivity contribution in [3.63, 3.8) is 0 Å². The van der Waals surface area contributed by atoms with E-state index < -0.39 is 0 Å². The van der Waals surface area contributed by atoms with Crippen molar-refractivity contribution >= 4 is 46.0 Å². The zero-order chi connectivity index (χ0) is 16.2. The summed E-state index contributed by atoms with van der Waals surface area (Å²) in [6.07, 6.45) is 2.07. The average molecular weight is 363 g/mol. The third kappa shape index (κ3) is 3.42. The number of halogens is 1. The zero-order valence-corrected chi connectivity index (χ0v) is 14.9. The monoisotopic (exact) mass is 362 g/mol. The number of nitrogens with zero attached hydrogens (tertiary/aromatic N) is 2. The second-order valence-electron chi connectivity index (χ2n) is 4.84. The minimum atomic E-state index is -0.0876. The Labute approximate surface area is 148 Å². The van der Waals surface area contributed by atoms with Gasteiger partial charge in [0.25, 0.3) is 5.56 Å². The van der Waals surface area contributed by atoms with Crippen LogP contribution in [0.4, 0.5) is 0 Å². The third-order valence-electron chi connectivity index (χ3n) is 3.36. The van der Waals surface area contributed by atoms with E-state index in [9.17, 15) is 4.79 Å². The molecule has 0 aliphatic carbocycles. The van der Waals surface area contributed by atoms with Gasteiger partial charge in [0.05, 0.1) is 21.6 Å². The minimum absolute atomic E-state index is 0.0876. The lowest BCUT2D eigenvalue weighted by Crippen LogP contribution is -2.22. The summed E-state index contributed by atoms with van der Waals surface area (Å²) in [5, 5.41) is 1.82. The highest BCUT2D eigenvalue weighted by atomic mass is 35.5. The molecule has 0 saturated carbocycles. The van der Waals surface area contributed by atoms with Crippen LogP contribution in [0.3, 0.4) is 0 Å². The quantitative estimate of drug-likeness (QED) is 0.380. The Bertz CT molecular complexity index is 895. The van der Waals surface area contributed by atoms with Gasteiger partial charge in [0, 0.05) is 11.5 Å². The number of hydrogen-bond acceptors (Lipinski definition) is 4. The molecular formula is C17H15ClN2OS2. The molecule has 23 heavy (non-hydrogen) atoms. The fourth-order valence-corrected chi connectivity index (χ4v) is 4.15. The molecule has 0 saturated heterocycles. The summed E-state index contributed by atoms with van der Waals surface area (Å²) in [5.74, 6) is 1.88. The number of thioether (sulfide) groups is 2. The van der Waals surface area contributed by atoms with E-state index in [0.717, 1.165) is 11.5 Å². The van der Waals surface area contributed by atoms with E-state index in [1.165, 1.54) is 0 Å². The third-order valence-corrected chi connectivity index (χ3v) is 5.49. The first kappa shape index (κ1) is 16.4. The van der Waals surface area contributed by atoms with Crippen LogP contribution in [0.15, 0.2) is 58.5 Å². The van der Waals surface area contributed by atoms with Gasteiger partial charge in [0.15, 0.2) is 5.16 Å². The van der Waals surface area contributed by atoms with Gasteiger partial charge < -0.3 is 0 Å². The van der Waals surface area contributed by atoms with Crippen molar-refractivity contribution in [1.29, 1.82) is 0 Å². The Kier molecular flexibility index (Phi) is 5.30. The van der Waals surface area contributed by atoms with E-state index in [1.807, 2.05) is 36.4 Å². The van der Waals surface area contributed by atoms with Gasteiger partial charge in [-0.1, -0.05) is 47.6 Å². The molecule has 3 rings (SSSR count). The van der Waals surface area contributed by atoms with E-state index in [1.54, 1.807) is 40.2 Å². The Morgan fingerprint density at radius 3 is 2.61 bits per heavy atom. The molecule has 0 aliphatic rings. The SMILES string of the molecule is CSCCSc1nc2ccccc2c(=O)n1-c1ccccc1Cl. The van der Waals surface area contributed by atoms with Gasteiger partial charge in [0.1, 0.15) is 0 Å². The molecule has 0 fully saturated rings. The molecule has 0 amide bonds. The molecule has 1 heterocycles. The van der Waals surface area contributed by atoms with E-state index in [0.29, 0.717) is 26.8 Å². The molecule has 0 unspecified atom stereocenters. The zero-order valence-electron chi connectivity index (χ0n) is 12.5. The summed E-state index contributed by atoms with van der Waals surface area (Å²) >= 11 is 9.66. The molecule has 118 valence electrons. The number of fused-ring (bicyclic) bond motifs is 1. The van der Waals surface area contributed by atoms with Crippen molar-refractivity contribution in [3.05, 3.63) is 63.9 Å². The van der Waals surface area contributed by atoms with Gasteiger partial charge in [-0.3, -0.25) is 9.36 Å². The molecule has 2 aromatic carbocycles. The summed E-state index contributed by atoms with van der Waals surface area (Å²) in [6.45, 7) is 0. The fourth-order valence-electron chi connectivity index (χ4n) is 2.27. The Morgan fingerprint density at radius 1 is 1.09 bits per heavy atom. The van der Waals surface area contributed by atoms with Crippen LogP contribution in [0.2, 0.25) is 5.02 Å². The Morgan fingerprint density at radius 2 is 1.83 bits per heavy atom. The van der Waals surface area contributed by atoms with Crippen LogP contribution < -0.4 is 5.56 Å². The Hall–Kier alpha value is -1.43. The lowest BCUT2D eigenvalue weighted by atomic mass is 10.2. The predicted molar refractivity (Wildman–Crippen MR) is 101 cm³/mol. The standard InChI is InChI=1S/C17H15ClN2OS2/c1-22-10-11-23-17-19-14-8-4-2-6-12(14)16(21)20(17)15-9-5-3-7-13(15)18/h2-9H,10-11H2,1H3. The first-order valence-electron chi connectivity index (χ1n) is 7.11. The van der Waals surface area contributed by atoms with Gasteiger partial charge in [-0.2, -0.15) is 11.8 Å². The van der Waals surface area contributed by atoms with E-state index in [-0.39, 0.29) is 5.56 Å². The average Bonchev–Trinajstić information content (AvgIpc) is 2.57. The van der Waals surface area contributed by atoms with E-state index in [2.05, 4.69) is 11.2 Å². The van der Waals surface area contributed by atoms with Crippen molar-refractivity contribution in [2.24, 2.45) is 0 Å². The van der Waals surface area contributed by atoms with Crippen molar-refractivity contribution < 1.29 is 0 Å². The van der Waals surface area contributed by atoms with Crippen LogP contribution in [-0.2, 0) is 0 Å². The molecule has 6 heteroatoms.